The van der Waals surface area contributed by atoms with E-state index in [4.69, 9.17) is 13.9 Å². The lowest BCUT2D eigenvalue weighted by Gasteiger charge is -2.07. The topological polar surface area (TPSA) is 65.7 Å². The molecular formula is C15H14O5. The Bertz CT molecular complexity index is 672. The van der Waals surface area contributed by atoms with Gasteiger partial charge in [-0.2, -0.15) is 0 Å². The van der Waals surface area contributed by atoms with Crippen molar-refractivity contribution in [2.45, 2.75) is 6.92 Å². The lowest BCUT2D eigenvalue weighted by atomic mass is 10.1. The van der Waals surface area contributed by atoms with Gasteiger partial charge >= 0.3 is 5.97 Å². The lowest BCUT2D eigenvalue weighted by molar-refractivity contribution is 0.0487. The first-order valence-electron chi connectivity index (χ1n) is 6.10. The minimum Gasteiger partial charge on any atom is -0.496 e. The van der Waals surface area contributed by atoms with E-state index in [0.29, 0.717) is 16.9 Å². The first kappa shape index (κ1) is 13.9. The van der Waals surface area contributed by atoms with Gasteiger partial charge in [-0.15, -0.1) is 0 Å². The maximum absolute atomic E-state index is 12.1. The molecule has 1 aromatic carbocycles. The summed E-state index contributed by atoms with van der Waals surface area (Å²) < 4.78 is 15.2. The maximum atomic E-state index is 12.1. The van der Waals surface area contributed by atoms with E-state index in [1.54, 1.807) is 31.2 Å². The zero-order chi connectivity index (χ0) is 14.5. The molecule has 5 heteroatoms. The van der Waals surface area contributed by atoms with E-state index >= 15 is 0 Å². The van der Waals surface area contributed by atoms with Crippen LogP contribution in [0.15, 0.2) is 45.8 Å². The van der Waals surface area contributed by atoms with E-state index in [0.717, 1.165) is 6.07 Å². The van der Waals surface area contributed by atoms with Crippen LogP contribution in [-0.4, -0.2) is 19.7 Å². The smallest absolute Gasteiger partial charge is 0.374 e. The summed E-state index contributed by atoms with van der Waals surface area (Å²) in [5.74, 6) is -0.213. The second kappa shape index (κ2) is 6.06. The van der Waals surface area contributed by atoms with Gasteiger partial charge in [-0.05, 0) is 13.0 Å². The van der Waals surface area contributed by atoms with E-state index in [2.05, 4.69) is 0 Å². The standard InChI is InChI=1S/C15H14O5/c1-3-19-15(17)14-8-12(16)11(9-20-14)10-6-4-5-7-13(10)18-2/h4-9H,3H2,1-2H3. The van der Waals surface area contributed by atoms with Crippen LogP contribution in [0.1, 0.15) is 17.5 Å². The van der Waals surface area contributed by atoms with E-state index in [1.165, 1.54) is 13.4 Å². The number of hydrogen-bond acceptors (Lipinski definition) is 5. The maximum Gasteiger partial charge on any atom is 0.374 e. The summed E-state index contributed by atoms with van der Waals surface area (Å²) in [4.78, 5) is 23.6. The molecule has 0 atom stereocenters. The Labute approximate surface area is 115 Å². The predicted molar refractivity (Wildman–Crippen MR) is 72.9 cm³/mol. The largest absolute Gasteiger partial charge is 0.496 e. The molecule has 0 spiro atoms. The normalized spacial score (nSPS) is 10.1. The van der Waals surface area contributed by atoms with Crippen molar-refractivity contribution in [3.63, 3.8) is 0 Å². The summed E-state index contributed by atoms with van der Waals surface area (Å²) in [7, 11) is 1.52. The summed E-state index contributed by atoms with van der Waals surface area (Å²) in [5.41, 5.74) is 0.610. The van der Waals surface area contributed by atoms with Gasteiger partial charge in [0.25, 0.3) is 0 Å². The van der Waals surface area contributed by atoms with E-state index in [9.17, 15) is 9.59 Å². The molecule has 0 bridgehead atoms. The van der Waals surface area contributed by atoms with Crippen molar-refractivity contribution < 1.29 is 18.7 Å². The monoisotopic (exact) mass is 274 g/mol. The molecule has 0 fully saturated rings. The van der Waals surface area contributed by atoms with Crippen LogP contribution in [0.3, 0.4) is 0 Å². The highest BCUT2D eigenvalue weighted by Crippen LogP contribution is 2.27. The lowest BCUT2D eigenvalue weighted by Crippen LogP contribution is -2.11. The van der Waals surface area contributed by atoms with Gasteiger partial charge in [0.1, 0.15) is 12.0 Å². The molecule has 2 aromatic rings. The van der Waals surface area contributed by atoms with Crippen LogP contribution >= 0.6 is 0 Å². The molecule has 0 saturated heterocycles. The van der Waals surface area contributed by atoms with Crippen LogP contribution in [0, 0.1) is 0 Å². The van der Waals surface area contributed by atoms with Gasteiger partial charge in [-0.25, -0.2) is 4.79 Å². The van der Waals surface area contributed by atoms with Crippen LogP contribution in [0.5, 0.6) is 5.75 Å². The number of rotatable bonds is 4. The zero-order valence-corrected chi connectivity index (χ0v) is 11.2. The van der Waals surface area contributed by atoms with Gasteiger partial charge in [0, 0.05) is 11.6 Å². The first-order chi connectivity index (χ1) is 9.67. The fourth-order valence-electron chi connectivity index (χ4n) is 1.78. The number of carbonyl (C=O) groups is 1. The van der Waals surface area contributed by atoms with Crippen LogP contribution in [0.25, 0.3) is 11.1 Å². The van der Waals surface area contributed by atoms with Gasteiger partial charge in [-0.3, -0.25) is 4.79 Å². The van der Waals surface area contributed by atoms with E-state index < -0.39 is 5.97 Å². The third-order valence-electron chi connectivity index (χ3n) is 2.71. The Morgan fingerprint density at radius 2 is 2.00 bits per heavy atom. The molecule has 0 unspecified atom stereocenters. The van der Waals surface area contributed by atoms with Crippen molar-refractivity contribution in [3.8, 4) is 16.9 Å². The third-order valence-corrected chi connectivity index (χ3v) is 2.71. The summed E-state index contributed by atoms with van der Waals surface area (Å²) >= 11 is 0. The quantitative estimate of drug-likeness (QED) is 0.801. The average Bonchev–Trinajstić information content (AvgIpc) is 2.47. The van der Waals surface area contributed by atoms with Gasteiger partial charge in [0.15, 0.2) is 5.43 Å². The summed E-state index contributed by atoms with van der Waals surface area (Å²) in [5, 5.41) is 0. The van der Waals surface area contributed by atoms with Gasteiger partial charge in [0.2, 0.25) is 5.76 Å². The Balaban J connectivity index is 2.45. The van der Waals surface area contributed by atoms with Crippen LogP contribution < -0.4 is 10.2 Å². The second-order valence-corrected chi connectivity index (χ2v) is 3.94. The van der Waals surface area contributed by atoms with Crippen molar-refractivity contribution >= 4 is 5.97 Å². The number of methoxy groups -OCH3 is 1. The highest BCUT2D eigenvalue weighted by atomic mass is 16.5. The number of carbonyl (C=O) groups excluding carboxylic acids is 1. The molecule has 1 heterocycles. The Kier molecular flexibility index (Phi) is 4.20. The summed E-state index contributed by atoms with van der Waals surface area (Å²) in [6.07, 6.45) is 1.24. The molecule has 0 aliphatic carbocycles. The Morgan fingerprint density at radius 1 is 1.25 bits per heavy atom. The third kappa shape index (κ3) is 2.71. The molecule has 0 amide bonds. The minimum absolute atomic E-state index is 0.115. The number of hydrogen-bond donors (Lipinski definition) is 0. The van der Waals surface area contributed by atoms with E-state index in [-0.39, 0.29) is 17.8 Å². The van der Waals surface area contributed by atoms with Crippen LogP contribution in [0.2, 0.25) is 0 Å². The van der Waals surface area contributed by atoms with Crippen LogP contribution in [-0.2, 0) is 4.74 Å². The number of esters is 1. The minimum atomic E-state index is -0.656. The fourth-order valence-corrected chi connectivity index (χ4v) is 1.78. The van der Waals surface area contributed by atoms with Gasteiger partial charge in [-0.1, -0.05) is 18.2 Å². The average molecular weight is 274 g/mol. The molecule has 2 rings (SSSR count). The number of benzene rings is 1. The molecule has 5 nitrogen and oxygen atoms in total. The molecule has 104 valence electrons. The van der Waals surface area contributed by atoms with Crippen LogP contribution in [0.4, 0.5) is 0 Å². The fraction of sp³-hybridized carbons (Fsp3) is 0.200. The van der Waals surface area contributed by atoms with Crippen molar-refractivity contribution in [1.29, 1.82) is 0 Å². The number of para-hydroxylation sites is 1. The SMILES string of the molecule is CCOC(=O)c1cc(=O)c(-c2ccccc2OC)co1. The molecule has 1 aromatic heterocycles. The molecule has 0 aliphatic heterocycles. The highest BCUT2D eigenvalue weighted by Gasteiger charge is 2.15. The van der Waals surface area contributed by atoms with Crippen molar-refractivity contribution in [3.05, 3.63) is 52.6 Å². The molecule has 0 saturated carbocycles. The van der Waals surface area contributed by atoms with Crippen molar-refractivity contribution in [2.75, 3.05) is 13.7 Å². The molecule has 0 aliphatic rings. The zero-order valence-electron chi connectivity index (χ0n) is 11.2. The highest BCUT2D eigenvalue weighted by molar-refractivity contribution is 5.86. The van der Waals surface area contributed by atoms with Crippen molar-refractivity contribution in [1.82, 2.24) is 0 Å². The van der Waals surface area contributed by atoms with Gasteiger partial charge < -0.3 is 13.9 Å². The molecular weight excluding hydrogens is 260 g/mol. The summed E-state index contributed by atoms with van der Waals surface area (Å²) in [6, 6.07) is 8.20. The Hall–Kier alpha value is -2.56. The predicted octanol–water partition coefficient (Wildman–Crippen LogP) is 2.49. The van der Waals surface area contributed by atoms with Gasteiger partial charge in [0.05, 0.1) is 19.3 Å². The van der Waals surface area contributed by atoms with Crippen molar-refractivity contribution in [2.24, 2.45) is 0 Å². The molecule has 0 radical (unpaired) electrons. The molecule has 0 N–H and O–H groups in total. The summed E-state index contributed by atoms with van der Waals surface area (Å²) in [6.45, 7) is 1.90. The second-order valence-electron chi connectivity index (χ2n) is 3.94. The first-order valence-corrected chi connectivity index (χ1v) is 6.10. The number of ether oxygens (including phenoxy) is 2. The van der Waals surface area contributed by atoms with E-state index in [1.807, 2.05) is 0 Å². The molecule has 20 heavy (non-hydrogen) atoms. The Morgan fingerprint density at radius 3 is 2.65 bits per heavy atom.